The molecule has 0 radical (unpaired) electrons. The summed E-state index contributed by atoms with van der Waals surface area (Å²) >= 11 is 1.59. The zero-order valence-corrected chi connectivity index (χ0v) is 20.1. The van der Waals surface area contributed by atoms with Gasteiger partial charge in [0, 0.05) is 47.4 Å². The Labute approximate surface area is 205 Å². The van der Waals surface area contributed by atoms with Crippen LogP contribution in [0.4, 0.5) is 18.9 Å². The van der Waals surface area contributed by atoms with E-state index in [1.54, 1.807) is 18.4 Å². The van der Waals surface area contributed by atoms with Gasteiger partial charge in [-0.1, -0.05) is 0 Å². The molecule has 0 spiro atoms. The van der Waals surface area contributed by atoms with Crippen molar-refractivity contribution >= 4 is 41.1 Å². The fraction of sp³-hybridized carbons (Fsp3) is 0.250. The molecule has 2 aromatic carbocycles. The van der Waals surface area contributed by atoms with E-state index in [0.717, 1.165) is 34.7 Å². The molecule has 34 heavy (non-hydrogen) atoms. The first-order valence-electron chi connectivity index (χ1n) is 10.2. The highest BCUT2D eigenvalue weighted by molar-refractivity contribution is 7.08. The van der Waals surface area contributed by atoms with Crippen molar-refractivity contribution in [3.8, 4) is 5.75 Å². The minimum absolute atomic E-state index is 0. The Morgan fingerprint density at radius 3 is 2.56 bits per heavy atom. The lowest BCUT2D eigenvalue weighted by atomic mass is 10.0. The molecule has 180 valence electrons. The van der Waals surface area contributed by atoms with Crippen LogP contribution in [0.15, 0.2) is 64.3 Å². The normalized spacial score (nSPS) is 15.5. The maximum absolute atomic E-state index is 12.8. The molecule has 5 nitrogen and oxygen atoms in total. The summed E-state index contributed by atoms with van der Waals surface area (Å²) in [4.78, 5) is 19.5. The summed E-state index contributed by atoms with van der Waals surface area (Å²) in [5.74, 6) is 0.272. The number of ether oxygens (including phenoxy) is 1. The number of halogens is 4. The fourth-order valence-electron chi connectivity index (χ4n) is 3.70. The second-order valence-electron chi connectivity index (χ2n) is 7.63. The number of carbonyl (C=O) groups is 1. The quantitative estimate of drug-likeness (QED) is 0.509. The summed E-state index contributed by atoms with van der Waals surface area (Å²) in [6.45, 7) is 0.708. The number of hydrogen-bond donors (Lipinski definition) is 1. The van der Waals surface area contributed by atoms with Gasteiger partial charge in [-0.05, 0) is 47.8 Å². The number of alkyl halides is 3. The average molecular weight is 510 g/mol. The van der Waals surface area contributed by atoms with Crippen molar-refractivity contribution < 1.29 is 22.7 Å². The molecule has 10 heteroatoms. The summed E-state index contributed by atoms with van der Waals surface area (Å²) in [5, 5.41) is 6.87. The van der Waals surface area contributed by atoms with Gasteiger partial charge in [-0.3, -0.25) is 9.79 Å². The van der Waals surface area contributed by atoms with E-state index in [1.165, 1.54) is 12.1 Å². The Morgan fingerprint density at radius 1 is 1.21 bits per heavy atom. The van der Waals surface area contributed by atoms with Crippen molar-refractivity contribution in [1.82, 2.24) is 5.32 Å². The number of benzodiazepines with no additional fused rings is 1. The Bertz CT molecular complexity index is 1170. The minimum atomic E-state index is -4.44. The van der Waals surface area contributed by atoms with Crippen LogP contribution in [0.2, 0.25) is 0 Å². The van der Waals surface area contributed by atoms with Gasteiger partial charge in [0.15, 0.2) is 0 Å². The number of fused-ring (bicyclic) bond motifs is 1. The Kier molecular flexibility index (Phi) is 7.89. The molecule has 4 rings (SSSR count). The predicted octanol–water partition coefficient (Wildman–Crippen LogP) is 5.28. The van der Waals surface area contributed by atoms with Crippen LogP contribution >= 0.6 is 23.7 Å². The number of nitrogens with zero attached hydrogens (tertiary/aromatic N) is 2. The summed E-state index contributed by atoms with van der Waals surface area (Å²) in [7, 11) is 3.54. The van der Waals surface area contributed by atoms with Crippen molar-refractivity contribution in [3.05, 3.63) is 81.5 Å². The van der Waals surface area contributed by atoms with E-state index in [9.17, 15) is 18.0 Å². The van der Waals surface area contributed by atoms with Crippen LogP contribution in [0, 0.1) is 0 Å². The highest BCUT2D eigenvalue weighted by atomic mass is 35.5. The number of methoxy groups -OCH3 is 1. The second-order valence-corrected chi connectivity index (χ2v) is 8.41. The number of rotatable bonds is 5. The largest absolute Gasteiger partial charge is 0.497 e. The smallest absolute Gasteiger partial charge is 0.416 e. The number of amides is 1. The van der Waals surface area contributed by atoms with Crippen LogP contribution in [0.25, 0.3) is 0 Å². The van der Waals surface area contributed by atoms with Crippen LogP contribution in [-0.4, -0.2) is 44.9 Å². The second kappa shape index (κ2) is 10.5. The van der Waals surface area contributed by atoms with Gasteiger partial charge >= 0.3 is 6.18 Å². The van der Waals surface area contributed by atoms with Crippen LogP contribution in [-0.2, 0) is 6.18 Å². The summed E-state index contributed by atoms with van der Waals surface area (Å²) in [6, 6.07) is 11.8. The molecule has 1 N–H and O–H groups in total. The lowest BCUT2D eigenvalue weighted by Gasteiger charge is -2.29. The van der Waals surface area contributed by atoms with E-state index in [4.69, 9.17) is 9.73 Å². The molecular weight excluding hydrogens is 487 g/mol. The van der Waals surface area contributed by atoms with Crippen molar-refractivity contribution in [1.29, 1.82) is 0 Å². The van der Waals surface area contributed by atoms with Gasteiger partial charge in [0.1, 0.15) is 5.75 Å². The number of thiophene rings is 1. The maximum atomic E-state index is 12.8. The molecule has 1 atom stereocenters. The molecule has 0 bridgehead atoms. The molecule has 1 unspecified atom stereocenters. The van der Waals surface area contributed by atoms with Crippen LogP contribution in [0.1, 0.15) is 27.0 Å². The molecule has 1 aliphatic rings. The van der Waals surface area contributed by atoms with Gasteiger partial charge in [0.05, 0.1) is 31.0 Å². The number of likely N-dealkylation sites (N-methyl/N-ethyl adjacent to an activating group) is 1. The number of hydrogen-bond acceptors (Lipinski definition) is 5. The number of benzene rings is 2. The van der Waals surface area contributed by atoms with Crippen molar-refractivity contribution in [2.45, 2.75) is 12.2 Å². The summed E-state index contributed by atoms with van der Waals surface area (Å²) in [5.41, 5.74) is 3.16. The molecule has 1 aliphatic heterocycles. The number of aliphatic imine (C=N–C) groups is 1. The zero-order chi connectivity index (χ0) is 23.6. The number of nitrogens with one attached hydrogen (secondary N) is 1. The van der Waals surface area contributed by atoms with E-state index >= 15 is 0 Å². The van der Waals surface area contributed by atoms with Gasteiger partial charge in [0.25, 0.3) is 5.91 Å². The zero-order valence-electron chi connectivity index (χ0n) is 18.4. The molecule has 0 saturated carbocycles. The molecule has 0 saturated heterocycles. The molecule has 0 fully saturated rings. The number of carbonyl (C=O) groups excluding carboxylic acids is 1. The van der Waals surface area contributed by atoms with E-state index in [2.05, 4.69) is 5.32 Å². The highest BCUT2D eigenvalue weighted by Crippen LogP contribution is 2.32. The molecule has 2 heterocycles. The predicted molar refractivity (Wildman–Crippen MR) is 131 cm³/mol. The van der Waals surface area contributed by atoms with Crippen LogP contribution in [0.3, 0.4) is 0 Å². The summed E-state index contributed by atoms with van der Waals surface area (Å²) in [6.07, 6.45) is -4.44. The first-order chi connectivity index (χ1) is 15.8. The van der Waals surface area contributed by atoms with Gasteiger partial charge in [-0.25, -0.2) is 0 Å². The third-order valence-electron chi connectivity index (χ3n) is 5.62. The Morgan fingerprint density at radius 2 is 1.94 bits per heavy atom. The van der Waals surface area contributed by atoms with E-state index in [0.29, 0.717) is 12.3 Å². The van der Waals surface area contributed by atoms with E-state index < -0.39 is 17.6 Å². The standard InChI is InChI=1S/C24H22F3N3O2S.ClH/c1-30-18(13-29-23(31)15-3-5-17(6-4-15)24(25,26)27)12-28-22(16-9-10-33-14-16)20-8-7-19(32-2)11-21(20)30;/h3-11,14,18H,12-13H2,1-2H3,(H,29,31);1H. The fourth-order valence-corrected chi connectivity index (χ4v) is 4.34. The SMILES string of the molecule is COc1ccc2c(c1)N(C)C(CNC(=O)c1ccc(C(F)(F)F)cc1)CN=C2c1ccsc1.Cl. The first-order valence-corrected chi connectivity index (χ1v) is 11.2. The Hall–Kier alpha value is -3.04. The third kappa shape index (κ3) is 5.37. The van der Waals surface area contributed by atoms with Gasteiger partial charge < -0.3 is 15.0 Å². The monoisotopic (exact) mass is 509 g/mol. The topological polar surface area (TPSA) is 53.9 Å². The minimum Gasteiger partial charge on any atom is -0.497 e. The molecule has 0 aliphatic carbocycles. The molecule has 1 amide bonds. The highest BCUT2D eigenvalue weighted by Gasteiger charge is 2.30. The Balaban J connectivity index is 0.00000324. The lowest BCUT2D eigenvalue weighted by molar-refractivity contribution is -0.137. The van der Waals surface area contributed by atoms with Crippen LogP contribution < -0.4 is 15.0 Å². The van der Waals surface area contributed by atoms with Gasteiger partial charge in [0.2, 0.25) is 0 Å². The van der Waals surface area contributed by atoms with Crippen molar-refractivity contribution in [2.24, 2.45) is 4.99 Å². The third-order valence-corrected chi connectivity index (χ3v) is 6.30. The maximum Gasteiger partial charge on any atom is 0.416 e. The van der Waals surface area contributed by atoms with Crippen molar-refractivity contribution in [2.75, 3.05) is 32.1 Å². The van der Waals surface area contributed by atoms with E-state index in [1.807, 2.05) is 47.0 Å². The molecule has 3 aromatic rings. The van der Waals surface area contributed by atoms with Gasteiger partial charge in [-0.2, -0.15) is 24.5 Å². The van der Waals surface area contributed by atoms with E-state index in [-0.39, 0.29) is 30.6 Å². The summed E-state index contributed by atoms with van der Waals surface area (Å²) < 4.78 is 43.7. The average Bonchev–Trinajstić information content (AvgIpc) is 3.30. The molecular formula is C24H23ClF3N3O2S. The van der Waals surface area contributed by atoms with Crippen LogP contribution in [0.5, 0.6) is 5.75 Å². The molecule has 1 aromatic heterocycles. The van der Waals surface area contributed by atoms with Crippen molar-refractivity contribution in [3.63, 3.8) is 0 Å². The number of anilines is 1. The first kappa shape index (κ1) is 25.6. The lowest BCUT2D eigenvalue weighted by Crippen LogP contribution is -2.43. The van der Waals surface area contributed by atoms with Gasteiger partial charge in [-0.15, -0.1) is 12.4 Å².